The van der Waals surface area contributed by atoms with Crippen LogP contribution in [0.25, 0.3) is 0 Å². The summed E-state index contributed by atoms with van der Waals surface area (Å²) in [6.07, 6.45) is 2.12. The van der Waals surface area contributed by atoms with Gasteiger partial charge in [0.2, 0.25) is 11.6 Å². The van der Waals surface area contributed by atoms with Crippen LogP contribution in [-0.2, 0) is 11.2 Å². The van der Waals surface area contributed by atoms with E-state index in [4.69, 9.17) is 4.74 Å². The smallest absolute Gasteiger partial charge is 0.353 e. The molecule has 8 nitrogen and oxygen atoms in total. The van der Waals surface area contributed by atoms with Gasteiger partial charge in [0.05, 0.1) is 18.1 Å². The van der Waals surface area contributed by atoms with Gasteiger partial charge in [-0.15, -0.1) is 0 Å². The zero-order valence-electron chi connectivity index (χ0n) is 13.2. The zero-order chi connectivity index (χ0) is 16.8. The maximum absolute atomic E-state index is 11.5. The first-order chi connectivity index (χ1) is 11.8. The molecule has 0 aliphatic carbocycles. The van der Waals surface area contributed by atoms with Gasteiger partial charge in [0.25, 0.3) is 0 Å². The molecule has 2 heterocycles. The lowest BCUT2D eigenvalue weighted by atomic mass is 10.1. The van der Waals surface area contributed by atoms with Gasteiger partial charge in [0, 0.05) is 19.6 Å². The summed E-state index contributed by atoms with van der Waals surface area (Å²) in [4.78, 5) is 21.2. The van der Waals surface area contributed by atoms with Crippen molar-refractivity contribution in [2.45, 2.75) is 6.42 Å². The predicted molar refractivity (Wildman–Crippen MR) is 90.4 cm³/mol. The number of nitro groups is 1. The average Bonchev–Trinajstić information content (AvgIpc) is 2.63. The number of rotatable bonds is 6. The molecular formula is C16H19N5O3. The van der Waals surface area contributed by atoms with Crippen LogP contribution >= 0.6 is 0 Å². The molecule has 1 aliphatic heterocycles. The van der Waals surface area contributed by atoms with Gasteiger partial charge in [0.15, 0.2) is 0 Å². The lowest BCUT2D eigenvalue weighted by Crippen LogP contribution is -2.37. The number of aromatic nitrogens is 2. The molecule has 0 amide bonds. The molecule has 0 atom stereocenters. The number of benzene rings is 1. The Labute approximate surface area is 139 Å². The van der Waals surface area contributed by atoms with Crippen molar-refractivity contribution in [3.63, 3.8) is 0 Å². The Hall–Kier alpha value is -2.74. The Balaban J connectivity index is 1.75. The molecule has 1 fully saturated rings. The lowest BCUT2D eigenvalue weighted by molar-refractivity contribution is -0.383. The number of anilines is 2. The Morgan fingerprint density at radius 1 is 1.21 bits per heavy atom. The lowest BCUT2D eigenvalue weighted by Gasteiger charge is -2.27. The van der Waals surface area contributed by atoms with Crippen LogP contribution in [0, 0.1) is 10.1 Å². The van der Waals surface area contributed by atoms with E-state index in [1.165, 1.54) is 6.33 Å². The molecule has 1 aromatic carbocycles. The molecule has 0 radical (unpaired) electrons. The fraction of sp³-hybridized carbons (Fsp3) is 0.375. The number of hydrogen-bond acceptors (Lipinski definition) is 7. The highest BCUT2D eigenvalue weighted by atomic mass is 16.6. The molecule has 1 N–H and O–H groups in total. The van der Waals surface area contributed by atoms with E-state index in [1.54, 1.807) is 0 Å². The number of morpholine rings is 1. The van der Waals surface area contributed by atoms with Gasteiger partial charge in [-0.05, 0) is 12.0 Å². The maximum atomic E-state index is 11.5. The number of nitrogens with zero attached hydrogens (tertiary/aromatic N) is 4. The molecule has 2 aromatic rings. The summed E-state index contributed by atoms with van der Waals surface area (Å²) in [5.74, 6) is 0.605. The van der Waals surface area contributed by atoms with Crippen LogP contribution in [0.4, 0.5) is 17.3 Å². The molecule has 1 aromatic heterocycles. The summed E-state index contributed by atoms with van der Waals surface area (Å²) in [5, 5.41) is 14.6. The molecule has 0 spiro atoms. The first kappa shape index (κ1) is 16.1. The van der Waals surface area contributed by atoms with E-state index in [-0.39, 0.29) is 11.5 Å². The molecule has 0 bridgehead atoms. The van der Waals surface area contributed by atoms with Crippen LogP contribution < -0.4 is 10.2 Å². The van der Waals surface area contributed by atoms with Crippen molar-refractivity contribution < 1.29 is 9.66 Å². The monoisotopic (exact) mass is 329 g/mol. The fourth-order valence-electron chi connectivity index (χ4n) is 2.64. The second-order valence-electron chi connectivity index (χ2n) is 5.41. The van der Waals surface area contributed by atoms with Crippen molar-refractivity contribution in [2.75, 3.05) is 43.1 Å². The van der Waals surface area contributed by atoms with Crippen molar-refractivity contribution in [1.29, 1.82) is 0 Å². The van der Waals surface area contributed by atoms with Crippen LogP contribution in [0.2, 0.25) is 0 Å². The van der Waals surface area contributed by atoms with Gasteiger partial charge in [0.1, 0.15) is 6.33 Å². The zero-order valence-corrected chi connectivity index (χ0v) is 13.2. The van der Waals surface area contributed by atoms with E-state index < -0.39 is 4.92 Å². The maximum Gasteiger partial charge on any atom is 0.353 e. The number of nitrogens with one attached hydrogen (secondary N) is 1. The molecule has 8 heteroatoms. The van der Waals surface area contributed by atoms with E-state index >= 15 is 0 Å². The third-order valence-corrected chi connectivity index (χ3v) is 3.85. The Kier molecular flexibility index (Phi) is 5.17. The second kappa shape index (κ2) is 7.69. The van der Waals surface area contributed by atoms with E-state index in [1.807, 2.05) is 35.2 Å². The summed E-state index contributed by atoms with van der Waals surface area (Å²) < 4.78 is 5.30. The normalized spacial score (nSPS) is 14.4. The van der Waals surface area contributed by atoms with Crippen LogP contribution in [0.3, 0.4) is 0 Å². The highest BCUT2D eigenvalue weighted by Gasteiger charge is 2.27. The minimum absolute atomic E-state index is 0.0764. The van der Waals surface area contributed by atoms with Crippen molar-refractivity contribution in [2.24, 2.45) is 0 Å². The van der Waals surface area contributed by atoms with E-state index in [0.717, 1.165) is 12.0 Å². The van der Waals surface area contributed by atoms with Crippen LogP contribution in [0.5, 0.6) is 0 Å². The van der Waals surface area contributed by atoms with Crippen LogP contribution in [0.1, 0.15) is 5.56 Å². The third kappa shape index (κ3) is 3.77. The fourth-order valence-corrected chi connectivity index (χ4v) is 2.64. The van der Waals surface area contributed by atoms with Gasteiger partial charge in [-0.2, -0.15) is 0 Å². The Morgan fingerprint density at radius 2 is 1.96 bits per heavy atom. The van der Waals surface area contributed by atoms with Crippen molar-refractivity contribution >= 4 is 17.3 Å². The molecule has 126 valence electrons. The van der Waals surface area contributed by atoms with Gasteiger partial charge >= 0.3 is 5.69 Å². The summed E-state index contributed by atoms with van der Waals surface area (Å²) in [5.41, 5.74) is 1.09. The van der Waals surface area contributed by atoms with E-state index in [0.29, 0.717) is 38.7 Å². The Bertz CT molecular complexity index is 689. The van der Waals surface area contributed by atoms with Crippen molar-refractivity contribution in [3.05, 3.63) is 52.3 Å². The highest BCUT2D eigenvalue weighted by Crippen LogP contribution is 2.32. The summed E-state index contributed by atoms with van der Waals surface area (Å²) in [6.45, 7) is 2.81. The topological polar surface area (TPSA) is 93.4 Å². The quantitative estimate of drug-likeness (QED) is 0.639. The molecule has 24 heavy (non-hydrogen) atoms. The van der Waals surface area contributed by atoms with Crippen LogP contribution in [-0.4, -0.2) is 47.7 Å². The third-order valence-electron chi connectivity index (χ3n) is 3.85. The SMILES string of the molecule is O=[N+]([O-])c1c(NCCc2ccccc2)ncnc1N1CCOCC1. The van der Waals surface area contributed by atoms with E-state index in [9.17, 15) is 10.1 Å². The highest BCUT2D eigenvalue weighted by molar-refractivity contribution is 5.70. The minimum atomic E-state index is -0.421. The molecule has 1 aliphatic rings. The van der Waals surface area contributed by atoms with Gasteiger partial charge in [-0.3, -0.25) is 10.1 Å². The van der Waals surface area contributed by atoms with Crippen LogP contribution in [0.15, 0.2) is 36.7 Å². The first-order valence-electron chi connectivity index (χ1n) is 7.85. The summed E-state index contributed by atoms with van der Waals surface area (Å²) in [7, 11) is 0. The molecule has 0 unspecified atom stereocenters. The number of ether oxygens (including phenoxy) is 1. The largest absolute Gasteiger partial charge is 0.378 e. The second-order valence-corrected chi connectivity index (χ2v) is 5.41. The van der Waals surface area contributed by atoms with Gasteiger partial charge in [-0.25, -0.2) is 9.97 Å². The van der Waals surface area contributed by atoms with Gasteiger partial charge in [-0.1, -0.05) is 30.3 Å². The predicted octanol–water partition coefficient (Wildman–Crippen LogP) is 1.88. The first-order valence-corrected chi connectivity index (χ1v) is 7.85. The van der Waals surface area contributed by atoms with Crippen molar-refractivity contribution in [1.82, 2.24) is 9.97 Å². The summed E-state index contributed by atoms with van der Waals surface area (Å²) >= 11 is 0. The molecule has 0 saturated carbocycles. The molecule has 1 saturated heterocycles. The van der Waals surface area contributed by atoms with Gasteiger partial charge < -0.3 is 15.0 Å². The molecule has 3 rings (SSSR count). The van der Waals surface area contributed by atoms with E-state index in [2.05, 4.69) is 15.3 Å². The summed E-state index contributed by atoms with van der Waals surface area (Å²) in [6, 6.07) is 9.95. The Morgan fingerprint density at radius 3 is 2.67 bits per heavy atom. The van der Waals surface area contributed by atoms with Crippen molar-refractivity contribution in [3.8, 4) is 0 Å². The minimum Gasteiger partial charge on any atom is -0.378 e. The average molecular weight is 329 g/mol. The molecular weight excluding hydrogens is 310 g/mol. The standard InChI is InChI=1S/C16H19N5O3/c22-21(23)14-15(17-7-6-13-4-2-1-3-5-13)18-12-19-16(14)20-8-10-24-11-9-20/h1-5,12H,6-11H2,(H,17,18,19). The number of hydrogen-bond donors (Lipinski definition) is 1.